The normalized spacial score (nSPS) is 29.5. The predicted octanol–water partition coefficient (Wildman–Crippen LogP) is 2.37. The molecule has 2 heterocycles. The zero-order valence-electron chi connectivity index (χ0n) is 11.7. The summed E-state index contributed by atoms with van der Waals surface area (Å²) >= 11 is 1.78. The van der Waals surface area contributed by atoms with Crippen LogP contribution in [0.15, 0.2) is 6.07 Å². The van der Waals surface area contributed by atoms with Crippen molar-refractivity contribution in [2.24, 2.45) is 11.8 Å². The highest BCUT2D eigenvalue weighted by Crippen LogP contribution is 2.37. The van der Waals surface area contributed by atoms with E-state index in [-0.39, 0.29) is 11.9 Å². The van der Waals surface area contributed by atoms with E-state index in [2.05, 4.69) is 30.5 Å². The molecule has 2 N–H and O–H groups in total. The molecule has 1 aliphatic carbocycles. The summed E-state index contributed by atoms with van der Waals surface area (Å²) < 4.78 is 0. The van der Waals surface area contributed by atoms with Crippen molar-refractivity contribution in [2.45, 2.75) is 45.7 Å². The highest BCUT2D eigenvalue weighted by atomic mass is 32.1. The molecule has 104 valence electrons. The topological polar surface area (TPSA) is 41.1 Å². The summed E-state index contributed by atoms with van der Waals surface area (Å²) in [7, 11) is 0. The largest absolute Gasteiger partial charge is 0.350 e. The van der Waals surface area contributed by atoms with Crippen molar-refractivity contribution < 1.29 is 4.79 Å². The van der Waals surface area contributed by atoms with Gasteiger partial charge in [-0.3, -0.25) is 4.79 Å². The van der Waals surface area contributed by atoms with Crippen LogP contribution in [0.25, 0.3) is 0 Å². The van der Waals surface area contributed by atoms with E-state index in [1.165, 1.54) is 34.6 Å². The summed E-state index contributed by atoms with van der Waals surface area (Å²) in [6.45, 7) is 5.96. The van der Waals surface area contributed by atoms with Crippen molar-refractivity contribution in [3.63, 3.8) is 0 Å². The van der Waals surface area contributed by atoms with Crippen molar-refractivity contribution >= 4 is 17.2 Å². The number of thiophene rings is 1. The molecule has 1 aliphatic heterocycles. The number of carbonyl (C=O) groups is 1. The number of aryl methyl sites for hydroxylation is 2. The molecule has 3 atom stereocenters. The van der Waals surface area contributed by atoms with Crippen LogP contribution in [-0.2, 0) is 11.3 Å². The van der Waals surface area contributed by atoms with E-state index in [0.717, 1.165) is 12.5 Å². The summed E-state index contributed by atoms with van der Waals surface area (Å²) in [4.78, 5) is 14.9. The van der Waals surface area contributed by atoms with E-state index in [4.69, 9.17) is 0 Å². The molecule has 0 radical (unpaired) electrons. The Morgan fingerprint density at radius 2 is 2.32 bits per heavy atom. The van der Waals surface area contributed by atoms with E-state index < -0.39 is 0 Å². The van der Waals surface area contributed by atoms with Crippen molar-refractivity contribution in [2.75, 3.05) is 6.54 Å². The van der Waals surface area contributed by atoms with Crippen LogP contribution in [0.5, 0.6) is 0 Å². The average Bonchev–Trinajstić information content (AvgIpc) is 3.03. The maximum absolute atomic E-state index is 12.3. The van der Waals surface area contributed by atoms with Crippen LogP contribution in [-0.4, -0.2) is 18.5 Å². The lowest BCUT2D eigenvalue weighted by atomic mass is 9.94. The van der Waals surface area contributed by atoms with Gasteiger partial charge in [-0.1, -0.05) is 6.42 Å². The standard InChI is InChI=1S/C15H22N2OS/c1-9-6-12(19-10(9)2)8-17-15(18)14-13-5-3-4-11(13)7-16-14/h6,11,13-14,16H,3-5,7-8H2,1-2H3,(H,17,18). The van der Waals surface area contributed by atoms with E-state index >= 15 is 0 Å². The van der Waals surface area contributed by atoms with Crippen LogP contribution in [0.1, 0.15) is 34.6 Å². The molecule has 1 amide bonds. The molecule has 2 aliphatic rings. The third-order valence-electron chi connectivity index (χ3n) is 4.68. The molecule has 3 unspecified atom stereocenters. The van der Waals surface area contributed by atoms with Crippen LogP contribution in [0, 0.1) is 25.7 Å². The number of hydrogen-bond donors (Lipinski definition) is 2. The summed E-state index contributed by atoms with van der Waals surface area (Å²) in [6.07, 6.45) is 3.81. The molecule has 1 aromatic rings. The first-order chi connectivity index (χ1) is 9.15. The van der Waals surface area contributed by atoms with Crippen LogP contribution < -0.4 is 10.6 Å². The monoisotopic (exact) mass is 278 g/mol. The predicted molar refractivity (Wildman–Crippen MR) is 78.3 cm³/mol. The zero-order chi connectivity index (χ0) is 13.4. The summed E-state index contributed by atoms with van der Waals surface area (Å²) in [5.41, 5.74) is 1.32. The van der Waals surface area contributed by atoms with Crippen LogP contribution >= 0.6 is 11.3 Å². The third kappa shape index (κ3) is 2.56. The smallest absolute Gasteiger partial charge is 0.237 e. The Balaban J connectivity index is 1.56. The number of carbonyl (C=O) groups excluding carboxylic acids is 1. The Bertz CT molecular complexity index is 463. The Hall–Kier alpha value is -0.870. The van der Waals surface area contributed by atoms with Gasteiger partial charge in [-0.15, -0.1) is 11.3 Å². The Morgan fingerprint density at radius 1 is 1.47 bits per heavy atom. The van der Waals surface area contributed by atoms with Crippen molar-refractivity contribution in [3.05, 3.63) is 21.4 Å². The SMILES string of the molecule is Cc1cc(CNC(=O)C2NCC3CCCC32)sc1C. The fourth-order valence-electron chi connectivity index (χ4n) is 3.50. The zero-order valence-corrected chi connectivity index (χ0v) is 12.5. The fourth-order valence-corrected chi connectivity index (χ4v) is 4.49. The maximum atomic E-state index is 12.3. The molecular weight excluding hydrogens is 256 g/mol. The molecule has 3 rings (SSSR count). The second-order valence-electron chi connectivity index (χ2n) is 5.91. The highest BCUT2D eigenvalue weighted by Gasteiger charge is 2.42. The van der Waals surface area contributed by atoms with Crippen LogP contribution in [0.2, 0.25) is 0 Å². The third-order valence-corrected chi connectivity index (χ3v) is 5.83. The second kappa shape index (κ2) is 5.25. The lowest BCUT2D eigenvalue weighted by molar-refractivity contribution is -0.123. The van der Waals surface area contributed by atoms with Gasteiger partial charge in [-0.05, 0) is 56.7 Å². The molecule has 3 nitrogen and oxygen atoms in total. The van der Waals surface area contributed by atoms with Gasteiger partial charge in [-0.2, -0.15) is 0 Å². The minimum Gasteiger partial charge on any atom is -0.350 e. The molecule has 0 spiro atoms. The van der Waals surface area contributed by atoms with Gasteiger partial charge in [0, 0.05) is 9.75 Å². The number of amides is 1. The number of fused-ring (bicyclic) bond motifs is 1. The van der Waals surface area contributed by atoms with Crippen molar-refractivity contribution in [1.29, 1.82) is 0 Å². The number of nitrogens with one attached hydrogen (secondary N) is 2. The van der Waals surface area contributed by atoms with E-state index in [1.54, 1.807) is 11.3 Å². The summed E-state index contributed by atoms with van der Waals surface area (Å²) in [5.74, 6) is 1.51. The van der Waals surface area contributed by atoms with Crippen molar-refractivity contribution in [1.82, 2.24) is 10.6 Å². The van der Waals surface area contributed by atoms with E-state index in [0.29, 0.717) is 12.5 Å². The van der Waals surface area contributed by atoms with Gasteiger partial charge >= 0.3 is 0 Å². The molecular formula is C15H22N2OS. The fraction of sp³-hybridized carbons (Fsp3) is 0.667. The Labute approximate surface area is 118 Å². The van der Waals surface area contributed by atoms with Crippen molar-refractivity contribution in [3.8, 4) is 0 Å². The average molecular weight is 278 g/mol. The van der Waals surface area contributed by atoms with E-state index in [1.807, 2.05) is 0 Å². The van der Waals surface area contributed by atoms with Gasteiger partial charge in [0.05, 0.1) is 12.6 Å². The Morgan fingerprint density at radius 3 is 3.05 bits per heavy atom. The lowest BCUT2D eigenvalue weighted by Crippen LogP contribution is -2.43. The van der Waals surface area contributed by atoms with Gasteiger partial charge in [-0.25, -0.2) is 0 Å². The first-order valence-electron chi connectivity index (χ1n) is 7.22. The van der Waals surface area contributed by atoms with Gasteiger partial charge in [0.15, 0.2) is 0 Å². The highest BCUT2D eigenvalue weighted by molar-refractivity contribution is 7.12. The molecule has 2 fully saturated rings. The molecule has 1 aromatic heterocycles. The van der Waals surface area contributed by atoms with Gasteiger partial charge < -0.3 is 10.6 Å². The molecule has 1 saturated heterocycles. The van der Waals surface area contributed by atoms with Gasteiger partial charge in [0.25, 0.3) is 0 Å². The molecule has 19 heavy (non-hydrogen) atoms. The van der Waals surface area contributed by atoms with Gasteiger partial charge in [0.1, 0.15) is 0 Å². The molecule has 1 saturated carbocycles. The number of rotatable bonds is 3. The summed E-state index contributed by atoms with van der Waals surface area (Å²) in [5, 5.41) is 6.51. The molecule has 0 aromatic carbocycles. The molecule has 0 bridgehead atoms. The first-order valence-corrected chi connectivity index (χ1v) is 8.04. The summed E-state index contributed by atoms with van der Waals surface area (Å²) in [6, 6.07) is 2.23. The number of hydrogen-bond acceptors (Lipinski definition) is 3. The van der Waals surface area contributed by atoms with E-state index in [9.17, 15) is 4.79 Å². The van der Waals surface area contributed by atoms with Gasteiger partial charge in [0.2, 0.25) is 5.91 Å². The maximum Gasteiger partial charge on any atom is 0.237 e. The minimum atomic E-state index is 0.0506. The van der Waals surface area contributed by atoms with Crippen LogP contribution in [0.3, 0.4) is 0 Å². The lowest BCUT2D eigenvalue weighted by Gasteiger charge is -2.17. The minimum absolute atomic E-state index is 0.0506. The quantitative estimate of drug-likeness (QED) is 0.891. The second-order valence-corrected chi connectivity index (χ2v) is 7.25. The Kier molecular flexibility index (Phi) is 3.63. The molecule has 4 heteroatoms. The van der Waals surface area contributed by atoms with Crippen LogP contribution in [0.4, 0.5) is 0 Å². The first kappa shape index (κ1) is 13.1.